The fourth-order valence-electron chi connectivity index (χ4n) is 3.64. The SMILES string of the molecule is CC1CN(Cc2ccccn2)CCC1NCc1nc2ccc(F)cc2s1. The lowest BCUT2D eigenvalue weighted by atomic mass is 9.93. The standard InChI is InChI=1S/C20H23FN4S/c1-14-12-25(13-16-4-2-3-8-22-16)9-7-17(14)23-11-20-24-18-6-5-15(21)10-19(18)26-20/h2-6,8,10,14,17,23H,7,9,11-13H2,1H3. The second-order valence-electron chi connectivity index (χ2n) is 7.03. The topological polar surface area (TPSA) is 41.1 Å². The van der Waals surface area contributed by atoms with Gasteiger partial charge in [0.2, 0.25) is 0 Å². The first kappa shape index (κ1) is 17.5. The Kier molecular flexibility index (Phi) is 5.24. The largest absolute Gasteiger partial charge is 0.307 e. The predicted molar refractivity (Wildman–Crippen MR) is 104 cm³/mol. The van der Waals surface area contributed by atoms with Gasteiger partial charge in [0.25, 0.3) is 0 Å². The van der Waals surface area contributed by atoms with Gasteiger partial charge in [-0.2, -0.15) is 0 Å². The van der Waals surface area contributed by atoms with E-state index in [4.69, 9.17) is 0 Å². The van der Waals surface area contributed by atoms with E-state index in [0.717, 1.165) is 53.5 Å². The lowest BCUT2D eigenvalue weighted by Crippen LogP contribution is -2.47. The minimum Gasteiger partial charge on any atom is -0.307 e. The number of likely N-dealkylation sites (tertiary alicyclic amines) is 1. The zero-order chi connectivity index (χ0) is 17.9. The summed E-state index contributed by atoms with van der Waals surface area (Å²) in [5, 5.41) is 4.68. The summed E-state index contributed by atoms with van der Waals surface area (Å²) in [5.41, 5.74) is 2.01. The molecule has 3 heterocycles. The van der Waals surface area contributed by atoms with Crippen LogP contribution < -0.4 is 5.32 Å². The van der Waals surface area contributed by atoms with Gasteiger partial charge >= 0.3 is 0 Å². The molecule has 1 saturated heterocycles. The molecule has 0 saturated carbocycles. The van der Waals surface area contributed by atoms with Crippen LogP contribution in [0.5, 0.6) is 0 Å². The number of hydrogen-bond acceptors (Lipinski definition) is 5. The quantitative estimate of drug-likeness (QED) is 0.741. The summed E-state index contributed by atoms with van der Waals surface area (Å²) < 4.78 is 14.2. The number of aromatic nitrogens is 2. The van der Waals surface area contributed by atoms with Crippen LogP contribution in [0.3, 0.4) is 0 Å². The summed E-state index contributed by atoms with van der Waals surface area (Å²) in [6.07, 6.45) is 2.98. The van der Waals surface area contributed by atoms with Gasteiger partial charge in [-0.15, -0.1) is 11.3 Å². The molecule has 4 rings (SSSR count). The molecule has 0 bridgehead atoms. The van der Waals surface area contributed by atoms with Gasteiger partial charge in [0, 0.05) is 38.4 Å². The molecule has 1 aliphatic heterocycles. The Hall–Kier alpha value is -1.89. The summed E-state index contributed by atoms with van der Waals surface area (Å²) in [6.45, 7) is 6.11. The van der Waals surface area contributed by atoms with Crippen molar-refractivity contribution in [3.63, 3.8) is 0 Å². The third kappa shape index (κ3) is 4.09. The summed E-state index contributed by atoms with van der Waals surface area (Å²) in [7, 11) is 0. The summed E-state index contributed by atoms with van der Waals surface area (Å²) in [5.74, 6) is 0.369. The minimum absolute atomic E-state index is 0.199. The van der Waals surface area contributed by atoms with Crippen LogP contribution in [0.1, 0.15) is 24.0 Å². The van der Waals surface area contributed by atoms with Crippen LogP contribution >= 0.6 is 11.3 Å². The Morgan fingerprint density at radius 1 is 1.31 bits per heavy atom. The van der Waals surface area contributed by atoms with Gasteiger partial charge in [-0.25, -0.2) is 9.37 Å². The number of nitrogens with one attached hydrogen (secondary N) is 1. The highest BCUT2D eigenvalue weighted by Crippen LogP contribution is 2.24. The van der Waals surface area contributed by atoms with Crippen LogP contribution in [0.2, 0.25) is 0 Å². The molecule has 6 heteroatoms. The van der Waals surface area contributed by atoms with Crippen LogP contribution in [0.4, 0.5) is 4.39 Å². The maximum absolute atomic E-state index is 13.3. The molecular formula is C20H23FN4S. The normalized spacial score (nSPS) is 21.3. The Morgan fingerprint density at radius 2 is 2.23 bits per heavy atom. The minimum atomic E-state index is -0.199. The molecule has 26 heavy (non-hydrogen) atoms. The molecule has 1 fully saturated rings. The first-order valence-electron chi connectivity index (χ1n) is 9.08. The fraction of sp³-hybridized carbons (Fsp3) is 0.400. The van der Waals surface area contributed by atoms with Crippen molar-refractivity contribution in [1.29, 1.82) is 0 Å². The maximum atomic E-state index is 13.3. The van der Waals surface area contributed by atoms with Gasteiger partial charge in [0.1, 0.15) is 10.8 Å². The number of hydrogen-bond donors (Lipinski definition) is 1. The van der Waals surface area contributed by atoms with Gasteiger partial charge in [-0.05, 0) is 42.7 Å². The lowest BCUT2D eigenvalue weighted by Gasteiger charge is -2.37. The van der Waals surface area contributed by atoms with Crippen LogP contribution in [0.15, 0.2) is 42.6 Å². The van der Waals surface area contributed by atoms with Gasteiger partial charge in [0.15, 0.2) is 0 Å². The average Bonchev–Trinajstić information content (AvgIpc) is 3.04. The number of halogens is 1. The summed E-state index contributed by atoms with van der Waals surface area (Å²) in [6, 6.07) is 11.4. The molecule has 1 N–H and O–H groups in total. The molecule has 1 aliphatic rings. The van der Waals surface area contributed by atoms with Crippen molar-refractivity contribution in [3.8, 4) is 0 Å². The first-order valence-corrected chi connectivity index (χ1v) is 9.89. The number of nitrogens with zero attached hydrogens (tertiary/aromatic N) is 3. The number of pyridine rings is 1. The number of rotatable bonds is 5. The van der Waals surface area contributed by atoms with E-state index in [1.807, 2.05) is 18.3 Å². The Morgan fingerprint density at radius 3 is 3.04 bits per heavy atom. The fourth-order valence-corrected chi connectivity index (χ4v) is 4.58. The number of piperidine rings is 1. The Labute approximate surface area is 157 Å². The number of thiazole rings is 1. The smallest absolute Gasteiger partial charge is 0.124 e. The van der Waals surface area contributed by atoms with Gasteiger partial charge < -0.3 is 5.32 Å². The molecule has 0 radical (unpaired) electrons. The average molecular weight is 370 g/mol. The Balaban J connectivity index is 1.31. The van der Waals surface area contributed by atoms with Crippen molar-refractivity contribution in [2.24, 2.45) is 5.92 Å². The summed E-state index contributed by atoms with van der Waals surface area (Å²) in [4.78, 5) is 11.5. The van der Waals surface area contributed by atoms with E-state index in [-0.39, 0.29) is 5.82 Å². The van der Waals surface area contributed by atoms with E-state index in [0.29, 0.717) is 12.0 Å². The van der Waals surface area contributed by atoms with Crippen LogP contribution in [0.25, 0.3) is 10.2 Å². The number of fused-ring (bicyclic) bond motifs is 1. The molecule has 2 unspecified atom stereocenters. The first-order chi connectivity index (χ1) is 12.7. The van der Waals surface area contributed by atoms with E-state index >= 15 is 0 Å². The van der Waals surface area contributed by atoms with Crippen LogP contribution in [-0.4, -0.2) is 34.0 Å². The van der Waals surface area contributed by atoms with E-state index in [1.54, 1.807) is 23.5 Å². The van der Waals surface area contributed by atoms with E-state index < -0.39 is 0 Å². The van der Waals surface area contributed by atoms with Crippen molar-refractivity contribution in [2.75, 3.05) is 13.1 Å². The van der Waals surface area contributed by atoms with Crippen molar-refractivity contribution >= 4 is 21.6 Å². The highest BCUT2D eigenvalue weighted by Gasteiger charge is 2.26. The van der Waals surface area contributed by atoms with Crippen LogP contribution in [0, 0.1) is 11.7 Å². The van der Waals surface area contributed by atoms with Gasteiger partial charge in [-0.3, -0.25) is 9.88 Å². The highest BCUT2D eigenvalue weighted by molar-refractivity contribution is 7.18. The van der Waals surface area contributed by atoms with Crippen LogP contribution in [-0.2, 0) is 13.1 Å². The zero-order valence-electron chi connectivity index (χ0n) is 14.9. The predicted octanol–water partition coefficient (Wildman–Crippen LogP) is 3.83. The molecule has 3 aromatic rings. The monoisotopic (exact) mass is 370 g/mol. The molecule has 2 aromatic heterocycles. The second kappa shape index (κ2) is 7.78. The molecule has 0 aliphatic carbocycles. The second-order valence-corrected chi connectivity index (χ2v) is 8.14. The molecule has 4 nitrogen and oxygen atoms in total. The van der Waals surface area contributed by atoms with Crippen molar-refractivity contribution in [2.45, 2.75) is 32.5 Å². The maximum Gasteiger partial charge on any atom is 0.124 e. The lowest BCUT2D eigenvalue weighted by molar-refractivity contribution is 0.139. The molecule has 2 atom stereocenters. The molecule has 1 aromatic carbocycles. The molecule has 0 amide bonds. The van der Waals surface area contributed by atoms with Gasteiger partial charge in [-0.1, -0.05) is 13.0 Å². The van der Waals surface area contributed by atoms with E-state index in [2.05, 4.69) is 33.2 Å². The van der Waals surface area contributed by atoms with Crippen molar-refractivity contribution < 1.29 is 4.39 Å². The number of benzene rings is 1. The molecular weight excluding hydrogens is 347 g/mol. The third-order valence-corrected chi connectivity index (χ3v) is 6.03. The zero-order valence-corrected chi connectivity index (χ0v) is 15.7. The molecule has 136 valence electrons. The molecule has 0 spiro atoms. The third-order valence-electron chi connectivity index (χ3n) is 5.01. The Bertz CT molecular complexity index is 867. The summed E-state index contributed by atoms with van der Waals surface area (Å²) >= 11 is 1.57. The van der Waals surface area contributed by atoms with E-state index in [9.17, 15) is 4.39 Å². The van der Waals surface area contributed by atoms with Crippen molar-refractivity contribution in [1.82, 2.24) is 20.2 Å². The highest BCUT2D eigenvalue weighted by atomic mass is 32.1. The van der Waals surface area contributed by atoms with E-state index in [1.165, 1.54) is 6.07 Å². The van der Waals surface area contributed by atoms with Crippen molar-refractivity contribution in [3.05, 3.63) is 59.1 Å². The van der Waals surface area contributed by atoms with Gasteiger partial charge in [0.05, 0.1) is 15.9 Å².